The quantitative estimate of drug-likeness (QED) is 0.317. The predicted octanol–water partition coefficient (Wildman–Crippen LogP) is 1.75. The van der Waals surface area contributed by atoms with Crippen molar-refractivity contribution >= 4 is 5.97 Å². The molecule has 5 heteroatoms. The first-order valence-electron chi connectivity index (χ1n) is 6.11. The van der Waals surface area contributed by atoms with E-state index in [2.05, 4.69) is 0 Å². The standard InChI is InChI=1S/C12H24O5/c1-4-6-14-8-12(9-15-7-5-2)17-10-16-11(3)13/h12H,4-10H2,1-3H3. The average molecular weight is 248 g/mol. The van der Waals surface area contributed by atoms with Gasteiger partial charge in [0.1, 0.15) is 6.10 Å². The summed E-state index contributed by atoms with van der Waals surface area (Å²) >= 11 is 0. The van der Waals surface area contributed by atoms with Gasteiger partial charge in [-0.05, 0) is 12.8 Å². The molecule has 0 radical (unpaired) electrons. The Morgan fingerprint density at radius 3 is 2.00 bits per heavy atom. The third kappa shape index (κ3) is 11.6. The zero-order chi connectivity index (χ0) is 12.9. The molecule has 0 rings (SSSR count). The summed E-state index contributed by atoms with van der Waals surface area (Å²) < 4.78 is 20.8. The maximum Gasteiger partial charge on any atom is 0.304 e. The highest BCUT2D eigenvalue weighted by atomic mass is 16.7. The molecule has 0 aromatic heterocycles. The molecule has 0 unspecified atom stereocenters. The Kier molecular flexibility index (Phi) is 11.4. The van der Waals surface area contributed by atoms with Crippen LogP contribution in [0, 0.1) is 0 Å². The highest BCUT2D eigenvalue weighted by Crippen LogP contribution is 1.98. The van der Waals surface area contributed by atoms with Crippen LogP contribution in [0.4, 0.5) is 0 Å². The summed E-state index contributed by atoms with van der Waals surface area (Å²) in [6, 6.07) is 0. The van der Waals surface area contributed by atoms with Gasteiger partial charge in [-0.15, -0.1) is 0 Å². The van der Waals surface area contributed by atoms with Crippen LogP contribution in [0.25, 0.3) is 0 Å². The molecule has 0 heterocycles. The van der Waals surface area contributed by atoms with E-state index < -0.39 is 0 Å². The second kappa shape index (κ2) is 11.8. The number of carbonyl (C=O) groups is 1. The van der Waals surface area contributed by atoms with Crippen LogP contribution in [0.15, 0.2) is 0 Å². The van der Waals surface area contributed by atoms with Crippen molar-refractivity contribution in [2.45, 2.75) is 39.7 Å². The molecular weight excluding hydrogens is 224 g/mol. The summed E-state index contributed by atoms with van der Waals surface area (Å²) in [5.74, 6) is -0.354. The van der Waals surface area contributed by atoms with Crippen LogP contribution in [-0.2, 0) is 23.7 Å². The van der Waals surface area contributed by atoms with Crippen molar-refractivity contribution < 1.29 is 23.7 Å². The lowest BCUT2D eigenvalue weighted by atomic mass is 10.4. The third-order valence-corrected chi connectivity index (χ3v) is 1.87. The number of esters is 1. The molecule has 102 valence electrons. The van der Waals surface area contributed by atoms with Crippen LogP contribution in [0.3, 0.4) is 0 Å². The number of hydrogen-bond donors (Lipinski definition) is 0. The second-order valence-corrected chi connectivity index (χ2v) is 3.69. The van der Waals surface area contributed by atoms with Gasteiger partial charge in [-0.2, -0.15) is 0 Å². The van der Waals surface area contributed by atoms with E-state index in [-0.39, 0.29) is 18.9 Å². The van der Waals surface area contributed by atoms with Gasteiger partial charge in [0.15, 0.2) is 6.79 Å². The van der Waals surface area contributed by atoms with Crippen molar-refractivity contribution in [3.05, 3.63) is 0 Å². The predicted molar refractivity (Wildman–Crippen MR) is 63.7 cm³/mol. The SMILES string of the molecule is CCCOCC(COCCC)OCOC(C)=O. The monoisotopic (exact) mass is 248 g/mol. The molecule has 17 heavy (non-hydrogen) atoms. The van der Waals surface area contributed by atoms with Crippen molar-refractivity contribution in [3.8, 4) is 0 Å². The van der Waals surface area contributed by atoms with Gasteiger partial charge in [0.2, 0.25) is 0 Å². The highest BCUT2D eigenvalue weighted by molar-refractivity contribution is 5.65. The lowest BCUT2D eigenvalue weighted by molar-refractivity contribution is -0.165. The molecule has 5 nitrogen and oxygen atoms in total. The van der Waals surface area contributed by atoms with Gasteiger partial charge in [0.05, 0.1) is 13.2 Å². The smallest absolute Gasteiger partial charge is 0.304 e. The minimum absolute atomic E-state index is 0.0506. The fourth-order valence-electron chi connectivity index (χ4n) is 1.08. The van der Waals surface area contributed by atoms with Crippen LogP contribution in [0.2, 0.25) is 0 Å². The van der Waals surface area contributed by atoms with E-state index in [0.717, 1.165) is 12.8 Å². The zero-order valence-corrected chi connectivity index (χ0v) is 11.1. The average Bonchev–Trinajstić information content (AvgIpc) is 2.28. The minimum atomic E-state index is -0.354. The van der Waals surface area contributed by atoms with Gasteiger partial charge in [-0.25, -0.2) is 0 Å². The molecule has 0 aliphatic carbocycles. The summed E-state index contributed by atoms with van der Waals surface area (Å²) in [5.41, 5.74) is 0. The van der Waals surface area contributed by atoms with Gasteiger partial charge in [-0.1, -0.05) is 13.8 Å². The second-order valence-electron chi connectivity index (χ2n) is 3.69. The first kappa shape index (κ1) is 16.4. The summed E-state index contributed by atoms with van der Waals surface area (Å²) in [5, 5.41) is 0. The Labute approximate surface area is 103 Å². The lowest BCUT2D eigenvalue weighted by Gasteiger charge is -2.17. The topological polar surface area (TPSA) is 54.0 Å². The van der Waals surface area contributed by atoms with E-state index in [9.17, 15) is 4.79 Å². The highest BCUT2D eigenvalue weighted by Gasteiger charge is 2.10. The molecular formula is C12H24O5. The molecule has 0 saturated heterocycles. The summed E-state index contributed by atoms with van der Waals surface area (Å²) in [4.78, 5) is 10.6. The number of rotatable bonds is 11. The summed E-state index contributed by atoms with van der Waals surface area (Å²) in [7, 11) is 0. The molecule has 0 spiro atoms. The Morgan fingerprint density at radius 1 is 1.06 bits per heavy atom. The van der Waals surface area contributed by atoms with E-state index in [1.165, 1.54) is 6.92 Å². The van der Waals surface area contributed by atoms with Crippen LogP contribution in [0.5, 0.6) is 0 Å². The van der Waals surface area contributed by atoms with E-state index in [0.29, 0.717) is 26.4 Å². The fraction of sp³-hybridized carbons (Fsp3) is 0.917. The van der Waals surface area contributed by atoms with Crippen molar-refractivity contribution in [1.29, 1.82) is 0 Å². The summed E-state index contributed by atoms with van der Waals surface area (Å²) in [6.07, 6.45) is 1.74. The van der Waals surface area contributed by atoms with E-state index in [1.54, 1.807) is 0 Å². The Hall–Kier alpha value is -0.650. The van der Waals surface area contributed by atoms with Gasteiger partial charge < -0.3 is 18.9 Å². The molecule has 0 amide bonds. The first-order valence-corrected chi connectivity index (χ1v) is 6.11. The van der Waals surface area contributed by atoms with Crippen LogP contribution < -0.4 is 0 Å². The van der Waals surface area contributed by atoms with Crippen LogP contribution in [-0.4, -0.2) is 45.3 Å². The summed E-state index contributed by atoms with van der Waals surface area (Å²) in [6.45, 7) is 7.69. The van der Waals surface area contributed by atoms with Gasteiger partial charge in [-0.3, -0.25) is 4.79 Å². The van der Waals surface area contributed by atoms with E-state index >= 15 is 0 Å². The molecule has 0 aliphatic heterocycles. The Balaban J connectivity index is 3.71. The van der Waals surface area contributed by atoms with Crippen LogP contribution >= 0.6 is 0 Å². The Bertz CT molecular complexity index is 174. The molecule has 0 aromatic carbocycles. The van der Waals surface area contributed by atoms with Crippen molar-refractivity contribution in [2.24, 2.45) is 0 Å². The van der Waals surface area contributed by atoms with Crippen molar-refractivity contribution in [1.82, 2.24) is 0 Å². The molecule has 0 saturated carbocycles. The molecule has 0 fully saturated rings. The number of hydrogen-bond acceptors (Lipinski definition) is 5. The number of carbonyl (C=O) groups excluding carboxylic acids is 1. The van der Waals surface area contributed by atoms with Crippen LogP contribution in [0.1, 0.15) is 33.6 Å². The molecule has 0 aliphatic rings. The lowest BCUT2D eigenvalue weighted by Crippen LogP contribution is -2.27. The third-order valence-electron chi connectivity index (χ3n) is 1.87. The zero-order valence-electron chi connectivity index (χ0n) is 11.1. The maximum atomic E-state index is 10.6. The number of ether oxygens (including phenoxy) is 4. The van der Waals surface area contributed by atoms with Gasteiger partial charge in [0, 0.05) is 20.1 Å². The van der Waals surface area contributed by atoms with Crippen molar-refractivity contribution in [3.63, 3.8) is 0 Å². The van der Waals surface area contributed by atoms with Gasteiger partial charge in [0.25, 0.3) is 0 Å². The molecule has 0 atom stereocenters. The fourth-order valence-corrected chi connectivity index (χ4v) is 1.08. The first-order chi connectivity index (χ1) is 8.20. The minimum Gasteiger partial charge on any atom is -0.439 e. The normalized spacial score (nSPS) is 10.8. The van der Waals surface area contributed by atoms with Gasteiger partial charge >= 0.3 is 5.97 Å². The largest absolute Gasteiger partial charge is 0.439 e. The van der Waals surface area contributed by atoms with E-state index in [4.69, 9.17) is 18.9 Å². The molecule has 0 N–H and O–H groups in total. The maximum absolute atomic E-state index is 10.6. The Morgan fingerprint density at radius 2 is 1.59 bits per heavy atom. The molecule has 0 aromatic rings. The molecule has 0 bridgehead atoms. The van der Waals surface area contributed by atoms with Crippen molar-refractivity contribution in [2.75, 3.05) is 33.2 Å². The van der Waals surface area contributed by atoms with E-state index in [1.807, 2.05) is 13.8 Å².